The fourth-order valence-electron chi connectivity index (χ4n) is 2.69. The van der Waals surface area contributed by atoms with Gasteiger partial charge in [-0.25, -0.2) is 9.78 Å². The number of nitrogens with two attached hydrogens (primary N) is 1. The molecule has 0 saturated heterocycles. The summed E-state index contributed by atoms with van der Waals surface area (Å²) in [6.07, 6.45) is 0. The number of nitrogens with one attached hydrogen (secondary N) is 3. The van der Waals surface area contributed by atoms with Gasteiger partial charge in [-0.05, 0) is 6.92 Å². The highest BCUT2D eigenvalue weighted by Gasteiger charge is 2.26. The van der Waals surface area contributed by atoms with E-state index >= 15 is 0 Å². The van der Waals surface area contributed by atoms with Crippen LogP contribution in [0.3, 0.4) is 0 Å². The number of rotatable bonds is 5. The van der Waals surface area contributed by atoms with Crippen LogP contribution in [0, 0.1) is 0 Å². The van der Waals surface area contributed by atoms with Gasteiger partial charge in [-0.2, -0.15) is 0 Å². The normalized spacial score (nSPS) is 10.6. The summed E-state index contributed by atoms with van der Waals surface area (Å²) in [4.78, 5) is 16.6. The molecular formula is C14H22N6O2. The molecule has 8 heteroatoms. The Kier molecular flexibility index (Phi) is 4.30. The lowest BCUT2D eigenvalue weighted by Crippen LogP contribution is -2.12. The number of nitrogen functional groups attached to an aromatic ring is 1. The van der Waals surface area contributed by atoms with Gasteiger partial charge >= 0.3 is 5.97 Å². The number of ether oxygens (including phenoxy) is 1. The van der Waals surface area contributed by atoms with Crippen molar-refractivity contribution in [1.29, 1.82) is 0 Å². The van der Waals surface area contributed by atoms with Crippen molar-refractivity contribution in [3.63, 3.8) is 0 Å². The van der Waals surface area contributed by atoms with Crippen LogP contribution < -0.4 is 21.7 Å². The molecule has 5 N–H and O–H groups in total. The number of hydrogen-bond acceptors (Lipinski definition) is 7. The number of fused-ring (bicyclic) bond motifs is 1. The maximum atomic E-state index is 12.1. The van der Waals surface area contributed by atoms with Crippen LogP contribution in [0.4, 0.5) is 23.0 Å². The predicted octanol–water partition coefficient (Wildman–Crippen LogP) is 1.55. The summed E-state index contributed by atoms with van der Waals surface area (Å²) >= 11 is 0. The molecular weight excluding hydrogens is 284 g/mol. The number of pyridine rings is 1. The van der Waals surface area contributed by atoms with Gasteiger partial charge in [-0.15, -0.1) is 0 Å². The van der Waals surface area contributed by atoms with Gasteiger partial charge in [0.1, 0.15) is 22.8 Å². The highest BCUT2D eigenvalue weighted by molar-refractivity contribution is 6.14. The van der Waals surface area contributed by atoms with Gasteiger partial charge < -0.3 is 31.0 Å². The van der Waals surface area contributed by atoms with Crippen LogP contribution in [0.1, 0.15) is 17.3 Å². The standard InChI is InChI=1S/C14H22N6O2/c1-6-20-12-7(10(16-2)13(20)18-4)9(15)8(14(21)22-5)11(17-3)19-12/h16,18H,6H2,1-5H3,(H3,15,17,19). The van der Waals surface area contributed by atoms with Crippen molar-refractivity contribution in [3.05, 3.63) is 5.56 Å². The second kappa shape index (κ2) is 6.00. The van der Waals surface area contributed by atoms with Crippen molar-refractivity contribution in [2.45, 2.75) is 13.5 Å². The highest BCUT2D eigenvalue weighted by Crippen LogP contribution is 2.40. The number of anilines is 4. The summed E-state index contributed by atoms with van der Waals surface area (Å²) < 4.78 is 6.83. The maximum Gasteiger partial charge on any atom is 0.343 e. The first kappa shape index (κ1) is 15.7. The smallest absolute Gasteiger partial charge is 0.343 e. The summed E-state index contributed by atoms with van der Waals surface area (Å²) in [7, 11) is 6.65. The van der Waals surface area contributed by atoms with Crippen molar-refractivity contribution in [2.75, 3.05) is 49.9 Å². The first-order valence-electron chi connectivity index (χ1n) is 7.02. The number of hydrogen-bond donors (Lipinski definition) is 4. The van der Waals surface area contributed by atoms with Gasteiger partial charge in [-0.1, -0.05) is 0 Å². The number of carbonyl (C=O) groups excluding carboxylic acids is 1. The Morgan fingerprint density at radius 2 is 1.95 bits per heavy atom. The second-order valence-electron chi connectivity index (χ2n) is 4.66. The first-order chi connectivity index (χ1) is 10.5. The average Bonchev–Trinajstić information content (AvgIpc) is 2.86. The second-order valence-corrected chi connectivity index (χ2v) is 4.66. The number of aryl methyl sites for hydroxylation is 1. The van der Waals surface area contributed by atoms with E-state index in [2.05, 4.69) is 20.9 Å². The average molecular weight is 306 g/mol. The Morgan fingerprint density at radius 1 is 1.27 bits per heavy atom. The summed E-state index contributed by atoms with van der Waals surface area (Å²) in [5.74, 6) is 0.742. The molecule has 0 fully saturated rings. The van der Waals surface area contributed by atoms with Crippen molar-refractivity contribution >= 4 is 40.0 Å². The number of aromatic nitrogens is 2. The molecule has 8 nitrogen and oxygen atoms in total. The summed E-state index contributed by atoms with van der Waals surface area (Å²) in [6.45, 7) is 2.73. The fraction of sp³-hybridized carbons (Fsp3) is 0.429. The molecule has 0 amide bonds. The van der Waals surface area contributed by atoms with E-state index in [0.717, 1.165) is 11.5 Å². The van der Waals surface area contributed by atoms with E-state index in [4.69, 9.17) is 10.5 Å². The third kappa shape index (κ3) is 2.07. The molecule has 2 heterocycles. The van der Waals surface area contributed by atoms with E-state index in [1.807, 2.05) is 18.5 Å². The quantitative estimate of drug-likeness (QED) is 0.621. The zero-order valence-electron chi connectivity index (χ0n) is 13.5. The van der Waals surface area contributed by atoms with Gasteiger partial charge in [0.05, 0.1) is 23.9 Å². The van der Waals surface area contributed by atoms with Crippen LogP contribution in [0.15, 0.2) is 0 Å². The minimum Gasteiger partial charge on any atom is -0.465 e. The molecule has 0 saturated carbocycles. The third-order valence-electron chi connectivity index (χ3n) is 3.66. The van der Waals surface area contributed by atoms with Crippen LogP contribution in [-0.4, -0.2) is 43.8 Å². The van der Waals surface area contributed by atoms with Crippen LogP contribution in [0.5, 0.6) is 0 Å². The molecule has 0 unspecified atom stereocenters. The molecule has 0 aliphatic carbocycles. The third-order valence-corrected chi connectivity index (χ3v) is 3.66. The Morgan fingerprint density at radius 3 is 2.41 bits per heavy atom. The van der Waals surface area contributed by atoms with Crippen LogP contribution in [0.25, 0.3) is 11.0 Å². The lowest BCUT2D eigenvalue weighted by molar-refractivity contribution is 0.0603. The largest absolute Gasteiger partial charge is 0.465 e. The molecule has 0 aliphatic rings. The van der Waals surface area contributed by atoms with Gasteiger partial charge in [0.15, 0.2) is 0 Å². The fourth-order valence-corrected chi connectivity index (χ4v) is 2.69. The van der Waals surface area contributed by atoms with E-state index in [1.165, 1.54) is 7.11 Å². The van der Waals surface area contributed by atoms with Gasteiger partial charge in [0.25, 0.3) is 0 Å². The van der Waals surface area contributed by atoms with E-state index in [9.17, 15) is 4.79 Å². The monoisotopic (exact) mass is 306 g/mol. The van der Waals surface area contributed by atoms with Gasteiger partial charge in [0, 0.05) is 27.7 Å². The number of methoxy groups -OCH3 is 1. The van der Waals surface area contributed by atoms with Crippen LogP contribution in [0.2, 0.25) is 0 Å². The van der Waals surface area contributed by atoms with Crippen molar-refractivity contribution < 1.29 is 9.53 Å². The Balaban J connectivity index is 2.98. The lowest BCUT2D eigenvalue weighted by Gasteiger charge is -2.12. The summed E-state index contributed by atoms with van der Waals surface area (Å²) in [5.41, 5.74) is 8.36. The minimum atomic E-state index is -0.520. The van der Waals surface area contributed by atoms with E-state index in [-0.39, 0.29) is 5.56 Å². The molecule has 0 aromatic carbocycles. The van der Waals surface area contributed by atoms with Crippen molar-refractivity contribution in [2.24, 2.45) is 0 Å². The molecule has 22 heavy (non-hydrogen) atoms. The molecule has 0 bridgehead atoms. The molecule has 120 valence electrons. The maximum absolute atomic E-state index is 12.1. The predicted molar refractivity (Wildman–Crippen MR) is 89.8 cm³/mol. The number of nitrogens with zero attached hydrogens (tertiary/aromatic N) is 2. The molecule has 0 aliphatic heterocycles. The SMILES string of the molecule is CCn1c(NC)c(NC)c2c(N)c(C(=O)OC)c(NC)nc21. The molecule has 2 aromatic rings. The van der Waals surface area contributed by atoms with Crippen LogP contribution >= 0.6 is 0 Å². The first-order valence-corrected chi connectivity index (χ1v) is 7.02. The van der Waals surface area contributed by atoms with E-state index in [1.54, 1.807) is 14.1 Å². The van der Waals surface area contributed by atoms with E-state index < -0.39 is 5.97 Å². The van der Waals surface area contributed by atoms with Gasteiger partial charge in [0.2, 0.25) is 0 Å². The van der Waals surface area contributed by atoms with Crippen molar-refractivity contribution in [1.82, 2.24) is 9.55 Å². The van der Waals surface area contributed by atoms with E-state index in [0.29, 0.717) is 29.1 Å². The summed E-state index contributed by atoms with van der Waals surface area (Å²) in [6, 6.07) is 0. The molecule has 0 spiro atoms. The Hall–Kier alpha value is -2.64. The van der Waals surface area contributed by atoms with Gasteiger partial charge in [-0.3, -0.25) is 0 Å². The van der Waals surface area contributed by atoms with Crippen molar-refractivity contribution in [3.8, 4) is 0 Å². The molecule has 2 aromatic heterocycles. The Bertz CT molecular complexity index is 722. The zero-order valence-corrected chi connectivity index (χ0v) is 13.5. The molecule has 2 rings (SSSR count). The number of carbonyl (C=O) groups is 1. The number of esters is 1. The Labute approximate surface area is 129 Å². The lowest BCUT2D eigenvalue weighted by atomic mass is 10.1. The molecule has 0 radical (unpaired) electrons. The minimum absolute atomic E-state index is 0.241. The van der Waals surface area contributed by atoms with Crippen LogP contribution in [-0.2, 0) is 11.3 Å². The summed E-state index contributed by atoms with van der Waals surface area (Å²) in [5, 5.41) is 9.90. The highest BCUT2D eigenvalue weighted by atomic mass is 16.5. The topological polar surface area (TPSA) is 106 Å². The molecule has 0 atom stereocenters. The zero-order chi connectivity index (χ0) is 16.4.